The Morgan fingerprint density at radius 3 is 2.51 bits per heavy atom. The number of aromatic amines is 1. The zero-order chi connectivity index (χ0) is 26.7. The summed E-state index contributed by atoms with van der Waals surface area (Å²) in [6.45, 7) is -1.99. The molecule has 0 spiro atoms. The molecule has 0 aliphatic heterocycles. The van der Waals surface area contributed by atoms with Gasteiger partial charge in [0, 0.05) is 12.1 Å². The highest BCUT2D eigenvalue weighted by atomic mass is 35.5. The van der Waals surface area contributed by atoms with Gasteiger partial charge in [0.1, 0.15) is 31.2 Å². The van der Waals surface area contributed by atoms with Crippen molar-refractivity contribution >= 4 is 22.8 Å². The molecule has 4 aromatic rings. The third-order valence-electron chi connectivity index (χ3n) is 5.21. The van der Waals surface area contributed by atoms with Gasteiger partial charge in [-0.3, -0.25) is 4.98 Å². The number of methoxy groups -OCH3 is 2. The number of halogens is 4. The van der Waals surface area contributed by atoms with Gasteiger partial charge in [0.05, 0.1) is 37.1 Å². The summed E-state index contributed by atoms with van der Waals surface area (Å²) in [4.78, 5) is 23.4. The molecule has 10 nitrogen and oxygen atoms in total. The highest BCUT2D eigenvalue weighted by molar-refractivity contribution is 6.32. The van der Waals surface area contributed by atoms with Crippen molar-refractivity contribution in [3.63, 3.8) is 0 Å². The minimum atomic E-state index is -1.17. The van der Waals surface area contributed by atoms with Gasteiger partial charge in [0.15, 0.2) is 34.6 Å². The molecule has 2 N–H and O–H groups in total. The summed E-state index contributed by atoms with van der Waals surface area (Å²) >= 11 is 6.45. The van der Waals surface area contributed by atoms with Crippen LogP contribution in [0.1, 0.15) is 11.4 Å². The molecule has 2 aromatic carbocycles. The van der Waals surface area contributed by atoms with E-state index in [9.17, 15) is 23.1 Å². The summed E-state index contributed by atoms with van der Waals surface area (Å²) in [5.41, 5.74) is -0.800. The highest BCUT2D eigenvalue weighted by Crippen LogP contribution is 2.37. The fourth-order valence-electron chi connectivity index (χ4n) is 3.56. The molecule has 0 unspecified atom stereocenters. The number of hydrogen-bond acceptors (Lipinski definition) is 8. The van der Waals surface area contributed by atoms with Gasteiger partial charge in [-0.2, -0.15) is 4.98 Å². The van der Waals surface area contributed by atoms with Crippen LogP contribution in [0, 0.1) is 11.6 Å². The molecule has 37 heavy (non-hydrogen) atoms. The molecular weight excluding hydrogens is 521 g/mol. The van der Waals surface area contributed by atoms with Gasteiger partial charge in [-0.15, -0.1) is 0 Å². The van der Waals surface area contributed by atoms with Gasteiger partial charge in [-0.1, -0.05) is 11.6 Å². The fourth-order valence-corrected chi connectivity index (χ4v) is 3.80. The lowest BCUT2D eigenvalue weighted by atomic mass is 10.2. The average molecular weight is 541 g/mol. The second-order valence-electron chi connectivity index (χ2n) is 7.40. The van der Waals surface area contributed by atoms with Crippen molar-refractivity contribution in [3.05, 3.63) is 62.8 Å². The molecule has 0 aliphatic carbocycles. The second kappa shape index (κ2) is 11.0. The molecule has 0 aliphatic rings. The summed E-state index contributed by atoms with van der Waals surface area (Å²) in [5.74, 6) is -2.51. The summed E-state index contributed by atoms with van der Waals surface area (Å²) in [5, 5.41) is 9.17. The van der Waals surface area contributed by atoms with E-state index in [4.69, 9.17) is 30.5 Å². The van der Waals surface area contributed by atoms with Crippen molar-refractivity contribution in [1.29, 1.82) is 0 Å². The molecular formula is C23H20ClF3N4O6. The molecule has 4 rings (SSSR count). The summed E-state index contributed by atoms with van der Waals surface area (Å²) in [7, 11) is 2.59. The van der Waals surface area contributed by atoms with E-state index < -0.39 is 30.6 Å². The first-order chi connectivity index (χ1) is 17.8. The van der Waals surface area contributed by atoms with Crippen molar-refractivity contribution in [3.8, 4) is 28.8 Å². The maximum Gasteiger partial charge on any atom is 0.332 e. The zero-order valence-electron chi connectivity index (χ0n) is 19.5. The molecule has 0 atom stereocenters. The molecule has 2 aromatic heterocycles. The van der Waals surface area contributed by atoms with E-state index in [-0.39, 0.29) is 69.6 Å². The van der Waals surface area contributed by atoms with Crippen molar-refractivity contribution in [2.75, 3.05) is 27.4 Å². The molecule has 196 valence electrons. The summed E-state index contributed by atoms with van der Waals surface area (Å²) in [6.07, 6.45) is 0. The van der Waals surface area contributed by atoms with Crippen molar-refractivity contribution in [2.45, 2.75) is 13.3 Å². The van der Waals surface area contributed by atoms with Crippen molar-refractivity contribution in [1.82, 2.24) is 19.5 Å². The van der Waals surface area contributed by atoms with Gasteiger partial charge in [0.2, 0.25) is 5.88 Å². The van der Waals surface area contributed by atoms with Crippen LogP contribution in [0.25, 0.3) is 16.9 Å². The normalized spacial score (nSPS) is 11.1. The number of hydrogen-bond donors (Lipinski definition) is 2. The number of imidazole rings is 1. The largest absolute Gasteiger partial charge is 0.496 e. The monoisotopic (exact) mass is 540 g/mol. The number of aliphatic hydroxyl groups is 1. The Morgan fingerprint density at radius 2 is 1.84 bits per heavy atom. The number of benzene rings is 2. The van der Waals surface area contributed by atoms with Gasteiger partial charge in [-0.25, -0.2) is 27.5 Å². The van der Waals surface area contributed by atoms with E-state index in [1.165, 1.54) is 32.4 Å². The average Bonchev–Trinajstić information content (AvgIpc) is 3.23. The predicted molar refractivity (Wildman–Crippen MR) is 126 cm³/mol. The minimum Gasteiger partial charge on any atom is -0.496 e. The van der Waals surface area contributed by atoms with E-state index in [0.29, 0.717) is 0 Å². The third kappa shape index (κ3) is 5.00. The van der Waals surface area contributed by atoms with E-state index in [1.54, 1.807) is 0 Å². The predicted octanol–water partition coefficient (Wildman–Crippen LogP) is 3.48. The molecule has 0 fully saturated rings. The topological polar surface area (TPSA) is 121 Å². The van der Waals surface area contributed by atoms with Gasteiger partial charge >= 0.3 is 5.69 Å². The Morgan fingerprint density at radius 1 is 1.08 bits per heavy atom. The van der Waals surface area contributed by atoms with E-state index in [0.717, 1.165) is 10.6 Å². The number of alkyl halides is 1. The maximum atomic E-state index is 14.5. The van der Waals surface area contributed by atoms with Crippen LogP contribution in [0.5, 0.6) is 23.1 Å². The Balaban J connectivity index is 1.85. The SMILES string of the molecule is COc1ccc(F)c(F)c1COc1cc(-n2c(=O)[nH]c3c(OC)nc(CF)nc32)c(Cl)cc1OCCO. The minimum absolute atomic E-state index is 0.00261. The van der Waals surface area contributed by atoms with Gasteiger partial charge < -0.3 is 24.1 Å². The smallest absolute Gasteiger partial charge is 0.332 e. The van der Waals surface area contributed by atoms with Gasteiger partial charge in [0.25, 0.3) is 0 Å². The Bertz CT molecular complexity index is 1510. The quantitative estimate of drug-likeness (QED) is 0.314. The first-order valence-electron chi connectivity index (χ1n) is 10.7. The first-order valence-corrected chi connectivity index (χ1v) is 11.0. The number of aliphatic hydroxyl groups excluding tert-OH is 1. The standard InChI is InChI=1S/C23H20ClF3N4O6/c1-34-15-4-3-13(26)19(27)11(15)10-37-17-8-14(12(24)7-16(17)36-6-5-32)31-21-20(30-23(31)33)22(35-2)29-18(9-25)28-21/h3-4,7-8,32H,5-6,9-10H2,1-2H3,(H,30,33). The molecule has 0 saturated heterocycles. The van der Waals surface area contributed by atoms with Crippen LogP contribution in [0.4, 0.5) is 13.2 Å². The molecule has 2 heterocycles. The fraction of sp³-hybridized carbons (Fsp3) is 0.261. The number of H-pyrrole nitrogens is 1. The highest BCUT2D eigenvalue weighted by Gasteiger charge is 2.22. The van der Waals surface area contributed by atoms with Crippen LogP contribution in [-0.4, -0.2) is 52.1 Å². The third-order valence-corrected chi connectivity index (χ3v) is 5.51. The number of rotatable bonds is 10. The first kappa shape index (κ1) is 26.1. The zero-order valence-corrected chi connectivity index (χ0v) is 20.2. The molecule has 0 saturated carbocycles. The van der Waals surface area contributed by atoms with E-state index in [1.807, 2.05) is 0 Å². The molecule has 0 amide bonds. The van der Waals surface area contributed by atoms with Crippen LogP contribution in [-0.2, 0) is 13.3 Å². The Hall–Kier alpha value is -3.97. The van der Waals surface area contributed by atoms with E-state index >= 15 is 0 Å². The number of aromatic nitrogens is 4. The number of fused-ring (bicyclic) bond motifs is 1. The lowest BCUT2D eigenvalue weighted by molar-refractivity contribution is 0.191. The van der Waals surface area contributed by atoms with Crippen LogP contribution in [0.3, 0.4) is 0 Å². The Labute approximate surface area is 212 Å². The number of nitrogens with zero attached hydrogens (tertiary/aromatic N) is 3. The van der Waals surface area contributed by atoms with Crippen LogP contribution in [0.15, 0.2) is 29.1 Å². The van der Waals surface area contributed by atoms with E-state index in [2.05, 4.69) is 15.0 Å². The molecule has 0 radical (unpaired) electrons. The van der Waals surface area contributed by atoms with Crippen molar-refractivity contribution < 1.29 is 37.2 Å². The molecule has 14 heteroatoms. The van der Waals surface area contributed by atoms with Crippen molar-refractivity contribution in [2.24, 2.45) is 0 Å². The lowest BCUT2D eigenvalue weighted by Crippen LogP contribution is -2.16. The van der Waals surface area contributed by atoms with Crippen LogP contribution in [0.2, 0.25) is 5.02 Å². The number of nitrogens with one attached hydrogen (secondary N) is 1. The maximum absolute atomic E-state index is 14.5. The summed E-state index contributed by atoms with van der Waals surface area (Å²) < 4.78 is 64.2. The second-order valence-corrected chi connectivity index (χ2v) is 7.81. The Kier molecular flexibility index (Phi) is 7.74. The number of ether oxygens (including phenoxy) is 4. The molecule has 0 bridgehead atoms. The van der Waals surface area contributed by atoms with Crippen LogP contribution >= 0.6 is 11.6 Å². The summed E-state index contributed by atoms with van der Waals surface area (Å²) in [6, 6.07) is 4.77. The lowest BCUT2D eigenvalue weighted by Gasteiger charge is -2.17. The van der Waals surface area contributed by atoms with Gasteiger partial charge in [-0.05, 0) is 12.1 Å². The van der Waals surface area contributed by atoms with Crippen LogP contribution < -0.4 is 24.6 Å².